The van der Waals surface area contributed by atoms with E-state index in [4.69, 9.17) is 18.9 Å². The topological polar surface area (TPSA) is 77.5 Å². The third kappa shape index (κ3) is 21.4. The van der Waals surface area contributed by atoms with Crippen molar-refractivity contribution in [2.45, 2.75) is 163 Å². The Labute approximate surface area is 271 Å². The molecule has 1 saturated heterocycles. The number of carbonyl (C=O) groups is 2. The zero-order chi connectivity index (χ0) is 32.3. The van der Waals surface area contributed by atoms with Crippen molar-refractivity contribution in [1.29, 1.82) is 0 Å². The van der Waals surface area contributed by atoms with Crippen molar-refractivity contribution in [3.63, 3.8) is 0 Å². The summed E-state index contributed by atoms with van der Waals surface area (Å²) in [6.07, 6.45) is 18.6. The smallest absolute Gasteiger partial charge is 0.409 e. The van der Waals surface area contributed by atoms with E-state index in [9.17, 15) is 9.59 Å². The maximum absolute atomic E-state index is 12.9. The molecular weight excluding hydrogens is 556 g/mol. The van der Waals surface area contributed by atoms with Crippen LogP contribution in [0.4, 0.5) is 4.79 Å². The van der Waals surface area contributed by atoms with E-state index in [1.807, 2.05) is 0 Å². The van der Waals surface area contributed by atoms with Gasteiger partial charge in [-0.3, -0.25) is 4.79 Å². The first-order valence-corrected chi connectivity index (χ1v) is 18.5. The Bertz CT molecular complexity index is 670. The fourth-order valence-corrected chi connectivity index (χ4v) is 5.85. The van der Waals surface area contributed by atoms with Gasteiger partial charge in [0, 0.05) is 32.7 Å². The summed E-state index contributed by atoms with van der Waals surface area (Å²) < 4.78 is 23.6. The predicted octanol–water partition coefficient (Wildman–Crippen LogP) is 8.75. The molecule has 8 heteroatoms. The molecule has 0 aliphatic carbocycles. The van der Waals surface area contributed by atoms with Crippen LogP contribution in [0.2, 0.25) is 0 Å². The molecule has 1 rings (SSSR count). The number of hydrogen-bond donors (Lipinski definition) is 0. The Morgan fingerprint density at radius 3 is 1.82 bits per heavy atom. The number of amides is 1. The number of piperidine rings is 1. The van der Waals surface area contributed by atoms with Gasteiger partial charge in [-0.15, -0.1) is 0 Å². The molecule has 0 radical (unpaired) electrons. The van der Waals surface area contributed by atoms with Crippen LogP contribution in [0.5, 0.6) is 0 Å². The average Bonchev–Trinajstić information content (AvgIpc) is 3.01. The largest absolute Gasteiger partial charge is 0.460 e. The Balaban J connectivity index is 2.44. The monoisotopic (exact) mass is 627 g/mol. The van der Waals surface area contributed by atoms with E-state index in [0.717, 1.165) is 45.3 Å². The van der Waals surface area contributed by atoms with Crippen LogP contribution in [0.1, 0.15) is 150 Å². The van der Waals surface area contributed by atoms with E-state index in [-0.39, 0.29) is 36.8 Å². The van der Waals surface area contributed by atoms with Crippen LogP contribution in [0.15, 0.2) is 0 Å². The molecule has 2 unspecified atom stereocenters. The number of esters is 1. The van der Waals surface area contributed by atoms with E-state index in [0.29, 0.717) is 39.3 Å². The highest BCUT2D eigenvalue weighted by Crippen LogP contribution is 2.21. The summed E-state index contributed by atoms with van der Waals surface area (Å²) in [6.45, 7) is 16.5. The maximum Gasteiger partial charge on any atom is 0.409 e. The van der Waals surface area contributed by atoms with Gasteiger partial charge in [0.1, 0.15) is 6.10 Å². The molecule has 1 aliphatic heterocycles. The van der Waals surface area contributed by atoms with Crippen LogP contribution in [0.3, 0.4) is 0 Å². The lowest BCUT2D eigenvalue weighted by Crippen LogP contribution is -2.47. The fourth-order valence-electron chi connectivity index (χ4n) is 5.85. The molecule has 0 bridgehead atoms. The van der Waals surface area contributed by atoms with E-state index >= 15 is 0 Å². The summed E-state index contributed by atoms with van der Waals surface area (Å²) in [5, 5.41) is 0. The van der Waals surface area contributed by atoms with E-state index in [1.165, 1.54) is 77.0 Å². The van der Waals surface area contributed by atoms with E-state index in [1.54, 1.807) is 4.90 Å². The van der Waals surface area contributed by atoms with Crippen LogP contribution in [-0.4, -0.2) is 86.8 Å². The molecule has 1 heterocycles. The maximum atomic E-state index is 12.9. The van der Waals surface area contributed by atoms with Crippen LogP contribution < -0.4 is 0 Å². The lowest BCUT2D eigenvalue weighted by atomic mass is 9.98. The van der Waals surface area contributed by atoms with Crippen LogP contribution >= 0.6 is 0 Å². The summed E-state index contributed by atoms with van der Waals surface area (Å²) in [6, 6.07) is 0. The van der Waals surface area contributed by atoms with Gasteiger partial charge in [0.25, 0.3) is 0 Å². The Kier molecular flexibility index (Phi) is 25.8. The lowest BCUT2D eigenvalue weighted by molar-refractivity contribution is -0.164. The molecule has 8 nitrogen and oxygen atoms in total. The van der Waals surface area contributed by atoms with Gasteiger partial charge in [-0.2, -0.15) is 0 Å². The lowest BCUT2D eigenvalue weighted by Gasteiger charge is -2.35. The number of carbonyl (C=O) groups excluding carboxylic acids is 2. The first-order chi connectivity index (χ1) is 21.4. The van der Waals surface area contributed by atoms with Gasteiger partial charge in [-0.25, -0.2) is 4.79 Å². The second-order valence-electron chi connectivity index (χ2n) is 12.8. The molecule has 0 aromatic carbocycles. The number of unbranched alkanes of at least 4 members (excludes halogenated alkanes) is 12. The Hall–Kier alpha value is -1.38. The van der Waals surface area contributed by atoms with Crippen molar-refractivity contribution in [1.82, 2.24) is 9.80 Å². The van der Waals surface area contributed by atoms with Crippen molar-refractivity contribution >= 4 is 12.1 Å². The highest BCUT2D eigenvalue weighted by molar-refractivity contribution is 5.70. The SMILES string of the molecule is CCCCCCCCCOC(CCC(=O)OC1CC(C)CN(C(=O)OCCCN(CC)CC)C1)OCCCCCCCCC. The molecule has 44 heavy (non-hydrogen) atoms. The summed E-state index contributed by atoms with van der Waals surface area (Å²) in [7, 11) is 0. The number of nitrogens with zero attached hydrogens (tertiary/aromatic N) is 2. The zero-order valence-corrected chi connectivity index (χ0v) is 29.5. The first-order valence-electron chi connectivity index (χ1n) is 18.5. The van der Waals surface area contributed by atoms with E-state index in [2.05, 4.69) is 39.5 Å². The van der Waals surface area contributed by atoms with Crippen LogP contribution in [0.25, 0.3) is 0 Å². The second kappa shape index (κ2) is 27.9. The fraction of sp³-hybridized carbons (Fsp3) is 0.944. The molecule has 0 spiro atoms. The quantitative estimate of drug-likeness (QED) is 0.0488. The molecule has 1 aliphatic rings. The molecule has 2 atom stereocenters. The normalized spacial score (nSPS) is 17.0. The highest BCUT2D eigenvalue weighted by atomic mass is 16.7. The number of likely N-dealkylation sites (tertiary alicyclic amines) is 1. The average molecular weight is 627 g/mol. The minimum absolute atomic E-state index is 0.244. The molecular formula is C36H70N2O6. The van der Waals surface area contributed by atoms with Crippen molar-refractivity contribution in [2.75, 3.05) is 52.5 Å². The van der Waals surface area contributed by atoms with Gasteiger partial charge >= 0.3 is 12.1 Å². The van der Waals surface area contributed by atoms with Crippen molar-refractivity contribution in [3.05, 3.63) is 0 Å². The van der Waals surface area contributed by atoms with Gasteiger partial charge in [0.05, 0.1) is 19.6 Å². The van der Waals surface area contributed by atoms with Crippen molar-refractivity contribution in [3.8, 4) is 0 Å². The van der Waals surface area contributed by atoms with Crippen LogP contribution in [0, 0.1) is 5.92 Å². The molecule has 0 N–H and O–H groups in total. The predicted molar refractivity (Wildman–Crippen MR) is 180 cm³/mol. The van der Waals surface area contributed by atoms with Crippen LogP contribution in [-0.2, 0) is 23.7 Å². The third-order valence-corrected chi connectivity index (χ3v) is 8.60. The summed E-state index contributed by atoms with van der Waals surface area (Å²) in [5.41, 5.74) is 0. The highest BCUT2D eigenvalue weighted by Gasteiger charge is 2.31. The third-order valence-electron chi connectivity index (χ3n) is 8.60. The Morgan fingerprint density at radius 2 is 1.27 bits per heavy atom. The number of ether oxygens (including phenoxy) is 4. The number of hydrogen-bond acceptors (Lipinski definition) is 7. The molecule has 1 fully saturated rings. The van der Waals surface area contributed by atoms with Gasteiger partial charge < -0.3 is 28.7 Å². The van der Waals surface area contributed by atoms with Gasteiger partial charge in [-0.1, -0.05) is 112 Å². The molecule has 0 saturated carbocycles. The minimum atomic E-state index is -0.379. The second-order valence-corrected chi connectivity index (χ2v) is 12.8. The molecule has 0 aromatic rings. The minimum Gasteiger partial charge on any atom is -0.460 e. The Morgan fingerprint density at radius 1 is 0.727 bits per heavy atom. The first kappa shape index (κ1) is 40.6. The standard InChI is InChI=1S/C36H70N2O6/c1-6-10-12-14-16-18-20-26-41-35(42-27-21-19-17-15-13-11-7-2)24-23-34(39)44-33-29-32(5)30-38(31-33)36(40)43-28-22-25-37(8-3)9-4/h32-33,35H,6-31H2,1-5H3. The summed E-state index contributed by atoms with van der Waals surface area (Å²) in [4.78, 5) is 29.6. The van der Waals surface area contributed by atoms with Gasteiger partial charge in [0.2, 0.25) is 0 Å². The molecule has 260 valence electrons. The van der Waals surface area contributed by atoms with Gasteiger partial charge in [-0.05, 0) is 44.7 Å². The van der Waals surface area contributed by atoms with Gasteiger partial charge in [0.15, 0.2) is 6.29 Å². The number of rotatable bonds is 28. The summed E-state index contributed by atoms with van der Waals surface area (Å²) in [5.74, 6) is -0.00572. The zero-order valence-electron chi connectivity index (χ0n) is 29.5. The molecule has 1 amide bonds. The van der Waals surface area contributed by atoms with Crippen molar-refractivity contribution < 1.29 is 28.5 Å². The van der Waals surface area contributed by atoms with E-state index < -0.39 is 0 Å². The summed E-state index contributed by atoms with van der Waals surface area (Å²) >= 11 is 0. The molecule has 0 aromatic heterocycles. The van der Waals surface area contributed by atoms with Crippen molar-refractivity contribution in [2.24, 2.45) is 5.92 Å².